The molecular formula is C12H16FN3O. The largest absolute Gasteiger partial charge is 0.378 e. The highest BCUT2D eigenvalue weighted by atomic mass is 19.1. The van der Waals surface area contributed by atoms with Gasteiger partial charge >= 0.3 is 0 Å². The summed E-state index contributed by atoms with van der Waals surface area (Å²) in [5, 5.41) is 3.07. The van der Waals surface area contributed by atoms with Crippen LogP contribution in [0.3, 0.4) is 0 Å². The van der Waals surface area contributed by atoms with Gasteiger partial charge in [0, 0.05) is 17.6 Å². The van der Waals surface area contributed by atoms with Crippen molar-refractivity contribution in [3.63, 3.8) is 0 Å². The number of hydrogen-bond acceptors (Lipinski definition) is 3. The van der Waals surface area contributed by atoms with Gasteiger partial charge in [-0.2, -0.15) is 0 Å². The van der Waals surface area contributed by atoms with Gasteiger partial charge < -0.3 is 16.8 Å². The zero-order valence-corrected chi connectivity index (χ0v) is 9.45. The summed E-state index contributed by atoms with van der Waals surface area (Å²) in [5.41, 5.74) is 11.5. The Labute approximate surface area is 99.2 Å². The number of carbonyl (C=O) groups is 1. The fourth-order valence-electron chi connectivity index (χ4n) is 2.15. The van der Waals surface area contributed by atoms with Crippen LogP contribution in [0.5, 0.6) is 0 Å². The van der Waals surface area contributed by atoms with Crippen LogP contribution < -0.4 is 16.8 Å². The van der Waals surface area contributed by atoms with Crippen molar-refractivity contribution >= 4 is 11.6 Å². The van der Waals surface area contributed by atoms with Gasteiger partial charge in [0.2, 0.25) is 5.91 Å². The van der Waals surface area contributed by atoms with Gasteiger partial charge in [-0.15, -0.1) is 0 Å². The Morgan fingerprint density at radius 3 is 2.71 bits per heavy atom. The van der Waals surface area contributed by atoms with Crippen LogP contribution in [0, 0.1) is 5.82 Å². The summed E-state index contributed by atoms with van der Waals surface area (Å²) in [6.07, 6.45) is 2.96. The molecule has 4 nitrogen and oxygen atoms in total. The first-order valence-electron chi connectivity index (χ1n) is 5.69. The number of nitrogens with one attached hydrogen (secondary N) is 1. The summed E-state index contributed by atoms with van der Waals surface area (Å²) >= 11 is 0. The Morgan fingerprint density at radius 1 is 1.41 bits per heavy atom. The van der Waals surface area contributed by atoms with E-state index in [2.05, 4.69) is 5.32 Å². The van der Waals surface area contributed by atoms with Gasteiger partial charge in [0.25, 0.3) is 0 Å². The summed E-state index contributed by atoms with van der Waals surface area (Å²) in [4.78, 5) is 10.9. The predicted molar refractivity (Wildman–Crippen MR) is 64.2 cm³/mol. The number of rotatable bonds is 3. The number of anilines is 1. The van der Waals surface area contributed by atoms with Crippen molar-refractivity contribution in [1.82, 2.24) is 0 Å². The molecule has 5 N–H and O–H groups in total. The molecule has 1 saturated carbocycles. The molecule has 1 aromatic rings. The molecule has 0 aliphatic heterocycles. The smallest absolute Gasteiger partial charge is 0.248 e. The Kier molecular flexibility index (Phi) is 3.28. The van der Waals surface area contributed by atoms with E-state index < -0.39 is 11.7 Å². The number of nitrogens with two attached hydrogens (primary N) is 2. The minimum absolute atomic E-state index is 0.0604. The molecule has 0 heterocycles. The quantitative estimate of drug-likeness (QED) is 0.739. The van der Waals surface area contributed by atoms with E-state index in [-0.39, 0.29) is 17.6 Å². The third-order valence-electron chi connectivity index (χ3n) is 3.16. The van der Waals surface area contributed by atoms with E-state index in [0.29, 0.717) is 5.69 Å². The van der Waals surface area contributed by atoms with E-state index in [1.54, 1.807) is 0 Å². The van der Waals surface area contributed by atoms with Crippen LogP contribution in [0.1, 0.15) is 29.6 Å². The summed E-state index contributed by atoms with van der Waals surface area (Å²) < 4.78 is 13.7. The molecule has 5 heteroatoms. The lowest BCUT2D eigenvalue weighted by molar-refractivity contribution is 0.1000. The van der Waals surface area contributed by atoms with Crippen LogP contribution in [0.2, 0.25) is 0 Å². The second-order valence-corrected chi connectivity index (χ2v) is 4.40. The van der Waals surface area contributed by atoms with E-state index in [4.69, 9.17) is 11.5 Å². The molecule has 2 atom stereocenters. The van der Waals surface area contributed by atoms with E-state index in [0.717, 1.165) is 25.3 Å². The summed E-state index contributed by atoms with van der Waals surface area (Å²) in [6.45, 7) is 0. The molecule has 1 amide bonds. The van der Waals surface area contributed by atoms with Gasteiger partial charge in [-0.05, 0) is 37.5 Å². The second-order valence-electron chi connectivity index (χ2n) is 4.40. The van der Waals surface area contributed by atoms with E-state index in [1.165, 1.54) is 12.1 Å². The first kappa shape index (κ1) is 11.9. The highest BCUT2D eigenvalue weighted by Gasteiger charge is 2.24. The standard InChI is InChI=1S/C12H16FN3O/c13-8-6-7(12(15)17)4-5-10(8)16-11-3-1-2-9(11)14/h4-6,9,11,16H,1-3,14H2,(H2,15,17). The molecule has 0 spiro atoms. The maximum absolute atomic E-state index is 13.7. The highest BCUT2D eigenvalue weighted by Crippen LogP contribution is 2.23. The summed E-state index contributed by atoms with van der Waals surface area (Å²) in [5.74, 6) is -1.10. The van der Waals surface area contributed by atoms with Crippen LogP contribution in [0.15, 0.2) is 18.2 Å². The lowest BCUT2D eigenvalue weighted by Gasteiger charge is -2.19. The SMILES string of the molecule is NC(=O)c1ccc(NC2CCCC2N)c(F)c1. The number of halogens is 1. The number of amides is 1. The normalized spacial score (nSPS) is 23.6. The van der Waals surface area contributed by atoms with Gasteiger partial charge in [-0.25, -0.2) is 4.39 Å². The second kappa shape index (κ2) is 4.71. The van der Waals surface area contributed by atoms with Gasteiger partial charge in [0.15, 0.2) is 0 Å². The topological polar surface area (TPSA) is 81.1 Å². The van der Waals surface area contributed by atoms with Crippen LogP contribution in [-0.4, -0.2) is 18.0 Å². The lowest BCUT2D eigenvalue weighted by Crippen LogP contribution is -2.35. The first-order chi connectivity index (χ1) is 8.08. The van der Waals surface area contributed by atoms with E-state index in [1.807, 2.05) is 0 Å². The first-order valence-corrected chi connectivity index (χ1v) is 5.69. The zero-order valence-electron chi connectivity index (χ0n) is 9.45. The molecule has 0 radical (unpaired) electrons. The minimum Gasteiger partial charge on any atom is -0.378 e. The number of hydrogen-bond donors (Lipinski definition) is 3. The van der Waals surface area contributed by atoms with Crippen molar-refractivity contribution in [3.8, 4) is 0 Å². The molecule has 1 aromatic carbocycles. The molecule has 1 aliphatic rings. The number of carbonyl (C=O) groups excluding carboxylic acids is 1. The average Bonchev–Trinajstić information content (AvgIpc) is 2.67. The third kappa shape index (κ3) is 2.55. The molecule has 2 unspecified atom stereocenters. The zero-order chi connectivity index (χ0) is 12.4. The van der Waals surface area contributed by atoms with Crippen molar-refractivity contribution in [2.75, 3.05) is 5.32 Å². The molecule has 1 fully saturated rings. The third-order valence-corrected chi connectivity index (χ3v) is 3.16. The molecule has 17 heavy (non-hydrogen) atoms. The Morgan fingerprint density at radius 2 is 2.18 bits per heavy atom. The molecule has 0 saturated heterocycles. The Balaban J connectivity index is 2.14. The minimum atomic E-state index is -0.631. The molecule has 2 rings (SSSR count). The Hall–Kier alpha value is -1.62. The van der Waals surface area contributed by atoms with Gasteiger partial charge in [0.1, 0.15) is 5.82 Å². The molecule has 92 valence electrons. The van der Waals surface area contributed by atoms with Crippen LogP contribution in [0.25, 0.3) is 0 Å². The highest BCUT2D eigenvalue weighted by molar-refractivity contribution is 5.93. The predicted octanol–water partition coefficient (Wildman–Crippen LogP) is 1.22. The van der Waals surface area contributed by atoms with Gasteiger partial charge in [0.05, 0.1) is 5.69 Å². The monoisotopic (exact) mass is 237 g/mol. The molecule has 1 aliphatic carbocycles. The van der Waals surface area contributed by atoms with Crippen LogP contribution in [-0.2, 0) is 0 Å². The van der Waals surface area contributed by atoms with E-state index >= 15 is 0 Å². The summed E-state index contributed by atoms with van der Waals surface area (Å²) in [6, 6.07) is 4.34. The maximum Gasteiger partial charge on any atom is 0.248 e. The Bertz CT molecular complexity index is 436. The van der Waals surface area contributed by atoms with Gasteiger partial charge in [-0.1, -0.05) is 0 Å². The fourth-order valence-corrected chi connectivity index (χ4v) is 2.15. The van der Waals surface area contributed by atoms with Crippen molar-refractivity contribution in [3.05, 3.63) is 29.6 Å². The van der Waals surface area contributed by atoms with Crippen molar-refractivity contribution in [2.45, 2.75) is 31.3 Å². The van der Waals surface area contributed by atoms with Crippen LogP contribution >= 0.6 is 0 Å². The summed E-state index contributed by atoms with van der Waals surface area (Å²) in [7, 11) is 0. The number of primary amides is 1. The molecular weight excluding hydrogens is 221 g/mol. The van der Waals surface area contributed by atoms with E-state index in [9.17, 15) is 9.18 Å². The maximum atomic E-state index is 13.7. The average molecular weight is 237 g/mol. The van der Waals surface area contributed by atoms with Crippen molar-refractivity contribution in [1.29, 1.82) is 0 Å². The fraction of sp³-hybridized carbons (Fsp3) is 0.417. The van der Waals surface area contributed by atoms with Crippen molar-refractivity contribution < 1.29 is 9.18 Å². The lowest BCUT2D eigenvalue weighted by atomic mass is 10.1. The van der Waals surface area contributed by atoms with Crippen LogP contribution in [0.4, 0.5) is 10.1 Å². The molecule has 0 bridgehead atoms. The van der Waals surface area contributed by atoms with Gasteiger partial charge in [-0.3, -0.25) is 4.79 Å². The number of benzene rings is 1. The van der Waals surface area contributed by atoms with Crippen molar-refractivity contribution in [2.24, 2.45) is 11.5 Å². The molecule has 0 aromatic heterocycles.